The van der Waals surface area contributed by atoms with Crippen molar-refractivity contribution >= 4 is 21.8 Å². The number of carbonyl (C=O) groups excluding carboxylic acids is 1. The minimum absolute atomic E-state index is 0.0115. The van der Waals surface area contributed by atoms with Gasteiger partial charge in [0.05, 0.1) is 6.04 Å². The van der Waals surface area contributed by atoms with Crippen LogP contribution >= 0.6 is 15.9 Å². The lowest BCUT2D eigenvalue weighted by Crippen LogP contribution is -2.35. The fourth-order valence-electron chi connectivity index (χ4n) is 1.66. The van der Waals surface area contributed by atoms with Crippen LogP contribution in [0, 0.1) is 5.92 Å². The Morgan fingerprint density at radius 3 is 2.59 bits per heavy atom. The summed E-state index contributed by atoms with van der Waals surface area (Å²) in [5.41, 5.74) is 1.09. The van der Waals surface area contributed by atoms with Crippen molar-refractivity contribution in [1.82, 2.24) is 10.6 Å². The van der Waals surface area contributed by atoms with Crippen LogP contribution in [0.4, 0.5) is 0 Å². The van der Waals surface area contributed by atoms with E-state index in [-0.39, 0.29) is 17.9 Å². The zero-order valence-corrected chi connectivity index (χ0v) is 12.0. The van der Waals surface area contributed by atoms with Gasteiger partial charge in [-0.1, -0.05) is 41.1 Å². The van der Waals surface area contributed by atoms with Crippen molar-refractivity contribution < 1.29 is 4.79 Å². The van der Waals surface area contributed by atoms with E-state index in [2.05, 4.69) is 26.6 Å². The molecule has 1 aromatic rings. The lowest BCUT2D eigenvalue weighted by atomic mass is 10.1. The van der Waals surface area contributed by atoms with Gasteiger partial charge in [-0.2, -0.15) is 0 Å². The van der Waals surface area contributed by atoms with E-state index in [1.165, 1.54) is 0 Å². The number of benzene rings is 1. The molecule has 0 aliphatic rings. The Balaban J connectivity index is 2.63. The SMILES string of the molecule is CNCC(C)C(=O)NC(C)c1ccccc1Br. The van der Waals surface area contributed by atoms with Crippen LogP contribution in [0.15, 0.2) is 28.7 Å². The van der Waals surface area contributed by atoms with Crippen LogP contribution in [-0.2, 0) is 4.79 Å². The molecule has 0 radical (unpaired) electrons. The fraction of sp³-hybridized carbons (Fsp3) is 0.462. The Bertz CT molecular complexity index is 381. The van der Waals surface area contributed by atoms with Crippen molar-refractivity contribution in [2.75, 3.05) is 13.6 Å². The number of hydrogen-bond donors (Lipinski definition) is 2. The van der Waals surface area contributed by atoms with Gasteiger partial charge in [0.2, 0.25) is 5.91 Å². The van der Waals surface area contributed by atoms with Crippen LogP contribution in [0.5, 0.6) is 0 Å². The predicted octanol–water partition coefficient (Wildman–Crippen LogP) is 2.48. The Kier molecular flexibility index (Phi) is 5.65. The molecule has 0 fully saturated rings. The lowest BCUT2D eigenvalue weighted by Gasteiger charge is -2.18. The molecule has 1 aromatic carbocycles. The van der Waals surface area contributed by atoms with Crippen molar-refractivity contribution in [2.45, 2.75) is 19.9 Å². The van der Waals surface area contributed by atoms with Crippen LogP contribution in [0.3, 0.4) is 0 Å². The second kappa shape index (κ2) is 6.77. The summed E-state index contributed by atoms with van der Waals surface area (Å²) in [7, 11) is 1.85. The number of hydrogen-bond acceptors (Lipinski definition) is 2. The van der Waals surface area contributed by atoms with E-state index in [0.717, 1.165) is 10.0 Å². The molecule has 94 valence electrons. The summed E-state index contributed by atoms with van der Waals surface area (Å²) in [6.45, 7) is 4.59. The third-order valence-electron chi connectivity index (χ3n) is 2.69. The number of carbonyl (C=O) groups is 1. The first-order valence-corrected chi connectivity index (χ1v) is 6.55. The van der Waals surface area contributed by atoms with Crippen LogP contribution < -0.4 is 10.6 Å². The summed E-state index contributed by atoms with van der Waals surface area (Å²) < 4.78 is 1.02. The maximum Gasteiger partial charge on any atom is 0.224 e. The Labute approximate surface area is 111 Å². The summed E-state index contributed by atoms with van der Waals surface area (Å²) in [6, 6.07) is 7.94. The highest BCUT2D eigenvalue weighted by molar-refractivity contribution is 9.10. The summed E-state index contributed by atoms with van der Waals surface area (Å²) in [4.78, 5) is 11.9. The molecule has 1 rings (SSSR count). The highest BCUT2D eigenvalue weighted by Gasteiger charge is 2.16. The molecule has 4 heteroatoms. The van der Waals surface area contributed by atoms with Crippen LogP contribution in [0.1, 0.15) is 25.5 Å². The standard InChI is InChI=1S/C13H19BrN2O/c1-9(8-15-3)13(17)16-10(2)11-6-4-5-7-12(11)14/h4-7,9-10,15H,8H2,1-3H3,(H,16,17). The van der Waals surface area contributed by atoms with E-state index in [0.29, 0.717) is 6.54 Å². The predicted molar refractivity (Wildman–Crippen MR) is 73.8 cm³/mol. The molecular formula is C13H19BrN2O. The summed E-state index contributed by atoms with van der Waals surface area (Å²) in [5, 5.41) is 6.02. The van der Waals surface area contributed by atoms with Crippen LogP contribution in [0.25, 0.3) is 0 Å². The third kappa shape index (κ3) is 4.13. The number of halogens is 1. The van der Waals surface area contributed by atoms with E-state index < -0.39 is 0 Å². The van der Waals surface area contributed by atoms with Gasteiger partial charge in [0.1, 0.15) is 0 Å². The van der Waals surface area contributed by atoms with Gasteiger partial charge in [0.25, 0.3) is 0 Å². The smallest absolute Gasteiger partial charge is 0.224 e. The molecule has 0 bridgehead atoms. The van der Waals surface area contributed by atoms with Gasteiger partial charge >= 0.3 is 0 Å². The molecule has 17 heavy (non-hydrogen) atoms. The molecule has 0 saturated carbocycles. The van der Waals surface area contributed by atoms with E-state index >= 15 is 0 Å². The van der Waals surface area contributed by atoms with Gasteiger partial charge in [0.15, 0.2) is 0 Å². The second-order valence-electron chi connectivity index (χ2n) is 4.21. The first kappa shape index (κ1) is 14.2. The van der Waals surface area contributed by atoms with E-state index in [9.17, 15) is 4.79 Å². The molecule has 0 aliphatic carbocycles. The molecule has 0 spiro atoms. The summed E-state index contributed by atoms with van der Waals surface area (Å²) in [5.74, 6) is 0.0486. The van der Waals surface area contributed by atoms with E-state index in [1.54, 1.807) is 0 Å². The van der Waals surface area contributed by atoms with Crippen molar-refractivity contribution in [3.05, 3.63) is 34.3 Å². The monoisotopic (exact) mass is 298 g/mol. The van der Waals surface area contributed by atoms with Gasteiger partial charge in [-0.05, 0) is 25.6 Å². The lowest BCUT2D eigenvalue weighted by molar-refractivity contribution is -0.125. The Morgan fingerprint density at radius 1 is 1.35 bits per heavy atom. The van der Waals surface area contributed by atoms with Gasteiger partial charge in [0, 0.05) is 16.9 Å². The van der Waals surface area contributed by atoms with Crippen molar-refractivity contribution in [3.63, 3.8) is 0 Å². The van der Waals surface area contributed by atoms with Gasteiger partial charge in [-0.3, -0.25) is 4.79 Å². The molecule has 3 nitrogen and oxygen atoms in total. The Morgan fingerprint density at radius 2 is 2.00 bits per heavy atom. The molecule has 0 aromatic heterocycles. The van der Waals surface area contributed by atoms with Crippen molar-refractivity contribution in [2.24, 2.45) is 5.92 Å². The number of rotatable bonds is 5. The largest absolute Gasteiger partial charge is 0.349 e. The van der Waals surface area contributed by atoms with E-state index in [4.69, 9.17) is 0 Å². The van der Waals surface area contributed by atoms with Crippen LogP contribution in [0.2, 0.25) is 0 Å². The average molecular weight is 299 g/mol. The molecule has 2 unspecified atom stereocenters. The zero-order chi connectivity index (χ0) is 12.8. The van der Waals surface area contributed by atoms with E-state index in [1.807, 2.05) is 45.2 Å². The maximum absolute atomic E-state index is 11.9. The number of amides is 1. The molecular weight excluding hydrogens is 280 g/mol. The highest BCUT2D eigenvalue weighted by atomic mass is 79.9. The normalized spacial score (nSPS) is 14.1. The fourth-order valence-corrected chi connectivity index (χ4v) is 2.29. The average Bonchev–Trinajstić information content (AvgIpc) is 2.29. The molecule has 1 amide bonds. The van der Waals surface area contributed by atoms with Crippen molar-refractivity contribution in [1.29, 1.82) is 0 Å². The van der Waals surface area contributed by atoms with Crippen molar-refractivity contribution in [3.8, 4) is 0 Å². The molecule has 0 saturated heterocycles. The molecule has 2 N–H and O–H groups in total. The minimum atomic E-state index is -0.0232. The van der Waals surface area contributed by atoms with Crippen LogP contribution in [-0.4, -0.2) is 19.5 Å². The van der Waals surface area contributed by atoms with Gasteiger partial charge in [-0.15, -0.1) is 0 Å². The summed E-state index contributed by atoms with van der Waals surface area (Å²) >= 11 is 3.49. The molecule has 0 heterocycles. The second-order valence-corrected chi connectivity index (χ2v) is 5.06. The Hall–Kier alpha value is -0.870. The topological polar surface area (TPSA) is 41.1 Å². The number of nitrogens with one attached hydrogen (secondary N) is 2. The third-order valence-corrected chi connectivity index (χ3v) is 3.41. The van der Waals surface area contributed by atoms with Gasteiger partial charge in [-0.25, -0.2) is 0 Å². The zero-order valence-electron chi connectivity index (χ0n) is 10.5. The first-order chi connectivity index (χ1) is 8.06. The maximum atomic E-state index is 11.9. The molecule has 2 atom stereocenters. The summed E-state index contributed by atoms with van der Waals surface area (Å²) in [6.07, 6.45) is 0. The quantitative estimate of drug-likeness (QED) is 0.877. The van der Waals surface area contributed by atoms with Gasteiger partial charge < -0.3 is 10.6 Å². The highest BCUT2D eigenvalue weighted by Crippen LogP contribution is 2.22. The molecule has 0 aliphatic heterocycles. The first-order valence-electron chi connectivity index (χ1n) is 5.75. The minimum Gasteiger partial charge on any atom is -0.349 e.